The molecule has 10 heteroatoms. The molecule has 1 aromatic rings. The van der Waals surface area contributed by atoms with Crippen LogP contribution in [-0.2, 0) is 20.0 Å². The molecule has 0 aliphatic carbocycles. The quantitative estimate of drug-likeness (QED) is 0.629. The number of unbranched alkanes of at least 4 members (excludes halogenated alkanes) is 1. The van der Waals surface area contributed by atoms with E-state index in [9.17, 15) is 16.8 Å². The van der Waals surface area contributed by atoms with E-state index in [2.05, 4.69) is 10.0 Å². The summed E-state index contributed by atoms with van der Waals surface area (Å²) in [7, 11) is -5.07. The SMILES string of the molecule is CCCCS(=O)(=O)Nc1ccc(S(=O)(=O)N2CCC(CNC)C2)cc1.Cl. The van der Waals surface area contributed by atoms with Crippen molar-refractivity contribution in [2.75, 3.05) is 37.2 Å². The minimum absolute atomic E-state index is 0. The molecule has 0 aromatic heterocycles. The first-order valence-electron chi connectivity index (χ1n) is 8.54. The molecule has 0 amide bonds. The molecule has 1 fully saturated rings. The van der Waals surface area contributed by atoms with E-state index in [1.807, 2.05) is 14.0 Å². The highest BCUT2D eigenvalue weighted by Crippen LogP contribution is 2.25. The van der Waals surface area contributed by atoms with Crippen LogP contribution >= 0.6 is 12.4 Å². The van der Waals surface area contributed by atoms with Gasteiger partial charge >= 0.3 is 0 Å². The Labute approximate surface area is 163 Å². The molecule has 2 N–H and O–H groups in total. The number of hydrogen-bond donors (Lipinski definition) is 2. The van der Waals surface area contributed by atoms with Gasteiger partial charge in [-0.25, -0.2) is 16.8 Å². The van der Waals surface area contributed by atoms with E-state index in [0.29, 0.717) is 31.1 Å². The molecule has 1 atom stereocenters. The van der Waals surface area contributed by atoms with Crippen molar-refractivity contribution in [2.24, 2.45) is 5.92 Å². The van der Waals surface area contributed by atoms with Gasteiger partial charge in [-0.1, -0.05) is 13.3 Å². The summed E-state index contributed by atoms with van der Waals surface area (Å²) in [6.45, 7) is 3.74. The first-order valence-corrected chi connectivity index (χ1v) is 11.6. The van der Waals surface area contributed by atoms with Gasteiger partial charge in [0.05, 0.1) is 10.6 Å². The zero-order valence-corrected chi connectivity index (χ0v) is 17.6. The Hall–Kier alpha value is -0.870. The number of nitrogens with zero attached hydrogens (tertiary/aromatic N) is 1. The fraction of sp³-hybridized carbons (Fsp3) is 0.625. The van der Waals surface area contributed by atoms with Gasteiger partial charge in [-0.15, -0.1) is 12.4 Å². The number of nitrogens with one attached hydrogen (secondary N) is 2. The third kappa shape index (κ3) is 6.09. The molecule has 1 aliphatic heterocycles. The second-order valence-corrected chi connectivity index (χ2v) is 10.2. The summed E-state index contributed by atoms with van der Waals surface area (Å²) in [5.41, 5.74) is 0.379. The van der Waals surface area contributed by atoms with E-state index in [1.54, 1.807) is 0 Å². The van der Waals surface area contributed by atoms with Crippen molar-refractivity contribution in [3.05, 3.63) is 24.3 Å². The Balaban J connectivity index is 0.00000338. The number of rotatable bonds is 9. The van der Waals surface area contributed by atoms with E-state index in [0.717, 1.165) is 19.4 Å². The van der Waals surface area contributed by atoms with E-state index in [4.69, 9.17) is 0 Å². The topological polar surface area (TPSA) is 95.6 Å². The molecule has 0 bridgehead atoms. The molecule has 0 spiro atoms. The summed E-state index contributed by atoms with van der Waals surface area (Å²) in [4.78, 5) is 0.189. The monoisotopic (exact) mass is 425 g/mol. The van der Waals surface area contributed by atoms with E-state index >= 15 is 0 Å². The highest BCUT2D eigenvalue weighted by molar-refractivity contribution is 7.92. The van der Waals surface area contributed by atoms with Crippen molar-refractivity contribution in [3.8, 4) is 0 Å². The normalized spacial score (nSPS) is 18.5. The number of benzene rings is 1. The van der Waals surface area contributed by atoms with E-state index in [1.165, 1.54) is 28.6 Å². The van der Waals surface area contributed by atoms with Crippen LogP contribution in [0.25, 0.3) is 0 Å². The number of halogens is 1. The molecule has 0 saturated carbocycles. The van der Waals surface area contributed by atoms with Gasteiger partial charge < -0.3 is 5.32 Å². The Bertz CT molecular complexity index is 767. The van der Waals surface area contributed by atoms with Crippen LogP contribution in [0.2, 0.25) is 0 Å². The Kier molecular flexibility index (Phi) is 8.81. The highest BCUT2D eigenvalue weighted by Gasteiger charge is 2.32. The van der Waals surface area contributed by atoms with Gasteiger partial charge in [0.1, 0.15) is 0 Å². The molecule has 1 unspecified atom stereocenters. The van der Waals surface area contributed by atoms with E-state index in [-0.39, 0.29) is 23.1 Å². The molecule has 1 aliphatic rings. The lowest BCUT2D eigenvalue weighted by molar-refractivity contribution is 0.451. The highest BCUT2D eigenvalue weighted by atomic mass is 35.5. The molecular weight excluding hydrogens is 398 g/mol. The van der Waals surface area contributed by atoms with Crippen LogP contribution in [-0.4, -0.2) is 53.6 Å². The van der Waals surface area contributed by atoms with Crippen LogP contribution in [0.3, 0.4) is 0 Å². The Morgan fingerprint density at radius 2 is 1.81 bits per heavy atom. The fourth-order valence-electron chi connectivity index (χ4n) is 2.88. The maximum Gasteiger partial charge on any atom is 0.243 e. The maximum absolute atomic E-state index is 12.7. The minimum atomic E-state index is -3.54. The van der Waals surface area contributed by atoms with Crippen LogP contribution < -0.4 is 10.0 Å². The zero-order chi connectivity index (χ0) is 18.5. The van der Waals surface area contributed by atoms with Gasteiger partial charge in [0, 0.05) is 18.8 Å². The zero-order valence-electron chi connectivity index (χ0n) is 15.1. The molecule has 150 valence electrons. The number of anilines is 1. The molecule has 7 nitrogen and oxygen atoms in total. The Morgan fingerprint density at radius 3 is 2.38 bits per heavy atom. The lowest BCUT2D eigenvalue weighted by atomic mass is 10.1. The van der Waals surface area contributed by atoms with Crippen LogP contribution in [0.5, 0.6) is 0 Å². The first kappa shape index (κ1) is 23.2. The molecule has 26 heavy (non-hydrogen) atoms. The van der Waals surface area contributed by atoms with Gasteiger partial charge in [0.25, 0.3) is 0 Å². The van der Waals surface area contributed by atoms with Crippen molar-refractivity contribution < 1.29 is 16.8 Å². The Morgan fingerprint density at radius 1 is 1.15 bits per heavy atom. The average Bonchev–Trinajstić information content (AvgIpc) is 3.03. The van der Waals surface area contributed by atoms with Crippen LogP contribution in [0, 0.1) is 5.92 Å². The fourth-order valence-corrected chi connectivity index (χ4v) is 5.68. The molecule has 0 radical (unpaired) electrons. The molecule has 2 rings (SSSR count). The molecular formula is C16H28ClN3O4S2. The minimum Gasteiger partial charge on any atom is -0.319 e. The number of hydrogen-bond acceptors (Lipinski definition) is 5. The average molecular weight is 426 g/mol. The summed E-state index contributed by atoms with van der Waals surface area (Å²) in [6, 6.07) is 5.91. The van der Waals surface area contributed by atoms with Gasteiger partial charge in [-0.3, -0.25) is 4.72 Å². The largest absolute Gasteiger partial charge is 0.319 e. The predicted octanol–water partition coefficient (Wildman–Crippen LogP) is 1.88. The summed E-state index contributed by atoms with van der Waals surface area (Å²) in [5, 5.41) is 3.08. The lowest BCUT2D eigenvalue weighted by Crippen LogP contribution is -2.30. The second kappa shape index (κ2) is 9.89. The van der Waals surface area contributed by atoms with Crippen molar-refractivity contribution in [2.45, 2.75) is 31.1 Å². The van der Waals surface area contributed by atoms with Crippen molar-refractivity contribution >= 4 is 38.1 Å². The lowest BCUT2D eigenvalue weighted by Gasteiger charge is -2.17. The van der Waals surface area contributed by atoms with Crippen molar-refractivity contribution in [1.82, 2.24) is 9.62 Å². The van der Waals surface area contributed by atoms with Gasteiger partial charge in [0.15, 0.2) is 0 Å². The molecule has 1 heterocycles. The van der Waals surface area contributed by atoms with Crippen LogP contribution in [0.15, 0.2) is 29.2 Å². The van der Waals surface area contributed by atoms with Gasteiger partial charge in [-0.05, 0) is 56.6 Å². The smallest absolute Gasteiger partial charge is 0.243 e. The summed E-state index contributed by atoms with van der Waals surface area (Å²) in [5.74, 6) is 0.383. The van der Waals surface area contributed by atoms with Gasteiger partial charge in [-0.2, -0.15) is 4.31 Å². The summed E-state index contributed by atoms with van der Waals surface area (Å²) >= 11 is 0. The van der Waals surface area contributed by atoms with Crippen molar-refractivity contribution in [1.29, 1.82) is 0 Å². The van der Waals surface area contributed by atoms with Crippen molar-refractivity contribution in [3.63, 3.8) is 0 Å². The van der Waals surface area contributed by atoms with Gasteiger partial charge in [0.2, 0.25) is 20.0 Å². The summed E-state index contributed by atoms with van der Waals surface area (Å²) < 4.78 is 53.2. The molecule has 1 saturated heterocycles. The standard InChI is InChI=1S/C16H27N3O4S2.ClH/c1-3-4-11-24(20,21)18-15-5-7-16(8-6-15)25(22,23)19-10-9-14(13-19)12-17-2;/h5-8,14,17-18H,3-4,9-13H2,1-2H3;1H. The van der Waals surface area contributed by atoms with Crippen LogP contribution in [0.1, 0.15) is 26.2 Å². The predicted molar refractivity (Wildman–Crippen MR) is 107 cm³/mol. The second-order valence-electron chi connectivity index (χ2n) is 6.37. The first-order chi connectivity index (χ1) is 11.8. The number of sulfonamides is 2. The maximum atomic E-state index is 12.7. The summed E-state index contributed by atoms with van der Waals surface area (Å²) in [6.07, 6.45) is 2.22. The third-order valence-electron chi connectivity index (χ3n) is 4.27. The van der Waals surface area contributed by atoms with E-state index < -0.39 is 20.0 Å². The third-order valence-corrected chi connectivity index (χ3v) is 7.53. The van der Waals surface area contributed by atoms with Crippen LogP contribution in [0.4, 0.5) is 5.69 Å². The molecule has 1 aromatic carbocycles.